The fraction of sp³-hybridized carbons (Fsp3) is 0.200. The van der Waals surface area contributed by atoms with Crippen LogP contribution in [0.15, 0.2) is 72.9 Å². The molecule has 1 aromatic carbocycles. The lowest BCUT2D eigenvalue weighted by Gasteiger charge is -2.32. The fourth-order valence-electron chi connectivity index (χ4n) is 2.89. The third-order valence-electron chi connectivity index (χ3n) is 4.39. The monoisotopic (exact) mass is 333 g/mol. The summed E-state index contributed by atoms with van der Waals surface area (Å²) in [6, 6.07) is 5.99. The highest BCUT2D eigenvalue weighted by Gasteiger charge is 2.21. The molecule has 1 aromatic heterocycles. The second-order valence-corrected chi connectivity index (χ2v) is 6.01. The Hall–Kier alpha value is -3.08. The Kier molecular flexibility index (Phi) is 4.84. The van der Waals surface area contributed by atoms with E-state index < -0.39 is 0 Å². The van der Waals surface area contributed by atoms with Crippen molar-refractivity contribution in [1.29, 1.82) is 0 Å². The summed E-state index contributed by atoms with van der Waals surface area (Å²) in [6.45, 7) is 6.50. The largest absolute Gasteiger partial charge is 0.398 e. The highest BCUT2D eigenvalue weighted by Crippen LogP contribution is 2.24. The number of rotatable bonds is 5. The van der Waals surface area contributed by atoms with E-state index in [1.54, 1.807) is 12.4 Å². The van der Waals surface area contributed by atoms with E-state index in [9.17, 15) is 0 Å². The summed E-state index contributed by atoms with van der Waals surface area (Å²) >= 11 is 0. The Morgan fingerprint density at radius 3 is 2.84 bits per heavy atom. The minimum Gasteiger partial charge on any atom is -0.398 e. The van der Waals surface area contributed by atoms with Crippen LogP contribution in [0.5, 0.6) is 0 Å². The standard InChI is InChI=1S/C20H23N5/c1-4-10-24-20(19(21)18-7-5-6-14(2)25(18)3)15-8-9-16-17(13-15)23-12-11-22-16/h4-9,11-13,18,24H,1,10,21H2,2-3H3/b20-19-. The van der Waals surface area contributed by atoms with E-state index in [-0.39, 0.29) is 6.04 Å². The number of hydrogen-bond donors (Lipinski definition) is 2. The molecule has 0 radical (unpaired) electrons. The summed E-state index contributed by atoms with van der Waals surface area (Å²) in [6.07, 6.45) is 11.4. The predicted molar refractivity (Wildman–Crippen MR) is 103 cm³/mol. The summed E-state index contributed by atoms with van der Waals surface area (Å²) in [5, 5.41) is 3.39. The Morgan fingerprint density at radius 2 is 2.08 bits per heavy atom. The van der Waals surface area contributed by atoms with Crippen molar-refractivity contribution >= 4 is 16.7 Å². The molecule has 0 fully saturated rings. The molecule has 1 aliphatic rings. The van der Waals surface area contributed by atoms with Crippen molar-refractivity contribution in [2.24, 2.45) is 5.73 Å². The van der Waals surface area contributed by atoms with Crippen LogP contribution in [0.3, 0.4) is 0 Å². The molecule has 1 atom stereocenters. The summed E-state index contributed by atoms with van der Waals surface area (Å²) in [5.74, 6) is 0. The molecule has 2 heterocycles. The molecule has 3 N–H and O–H groups in total. The molecule has 0 amide bonds. The van der Waals surface area contributed by atoms with E-state index in [4.69, 9.17) is 5.73 Å². The van der Waals surface area contributed by atoms with Gasteiger partial charge in [0.05, 0.1) is 28.5 Å². The Morgan fingerprint density at radius 1 is 1.32 bits per heavy atom. The van der Waals surface area contributed by atoms with Gasteiger partial charge in [-0.05, 0) is 25.1 Å². The molecule has 0 saturated carbocycles. The molecule has 25 heavy (non-hydrogen) atoms. The first-order chi connectivity index (χ1) is 12.1. The molecule has 5 nitrogen and oxygen atoms in total. The number of aromatic nitrogens is 2. The minimum atomic E-state index is -0.00475. The summed E-state index contributed by atoms with van der Waals surface area (Å²) in [4.78, 5) is 10.9. The number of likely N-dealkylation sites (N-methyl/N-ethyl adjacent to an activating group) is 1. The van der Waals surface area contributed by atoms with Crippen molar-refractivity contribution in [1.82, 2.24) is 20.2 Å². The normalized spacial score (nSPS) is 17.9. The van der Waals surface area contributed by atoms with Crippen LogP contribution in [0, 0.1) is 0 Å². The number of nitrogens with zero attached hydrogens (tertiary/aromatic N) is 3. The maximum absolute atomic E-state index is 6.59. The number of nitrogens with two attached hydrogens (primary N) is 1. The molecular formula is C20H23N5. The van der Waals surface area contributed by atoms with Gasteiger partial charge in [-0.15, -0.1) is 6.58 Å². The van der Waals surface area contributed by atoms with Gasteiger partial charge in [-0.1, -0.05) is 24.3 Å². The van der Waals surface area contributed by atoms with E-state index >= 15 is 0 Å². The summed E-state index contributed by atoms with van der Waals surface area (Å²) in [5.41, 5.74) is 12.1. The number of fused-ring (bicyclic) bond motifs is 1. The van der Waals surface area contributed by atoms with Gasteiger partial charge in [0.2, 0.25) is 0 Å². The first-order valence-electron chi connectivity index (χ1n) is 8.25. The van der Waals surface area contributed by atoms with E-state index in [0.717, 1.165) is 28.0 Å². The second kappa shape index (κ2) is 7.21. The second-order valence-electron chi connectivity index (χ2n) is 6.01. The lowest BCUT2D eigenvalue weighted by atomic mass is 10.0. The quantitative estimate of drug-likeness (QED) is 0.824. The maximum atomic E-state index is 6.59. The van der Waals surface area contributed by atoms with Crippen molar-refractivity contribution in [3.8, 4) is 0 Å². The molecular weight excluding hydrogens is 310 g/mol. The van der Waals surface area contributed by atoms with Crippen molar-refractivity contribution in [3.63, 3.8) is 0 Å². The molecule has 5 heteroatoms. The first-order valence-corrected chi connectivity index (χ1v) is 8.25. The minimum absolute atomic E-state index is 0.00475. The lowest BCUT2D eigenvalue weighted by molar-refractivity contribution is 0.381. The smallest absolute Gasteiger partial charge is 0.0893 e. The van der Waals surface area contributed by atoms with Crippen molar-refractivity contribution < 1.29 is 0 Å². The van der Waals surface area contributed by atoms with Crippen LogP contribution < -0.4 is 11.1 Å². The van der Waals surface area contributed by atoms with Crippen LogP contribution >= 0.6 is 0 Å². The maximum Gasteiger partial charge on any atom is 0.0893 e. The Balaban J connectivity index is 2.07. The van der Waals surface area contributed by atoms with Crippen LogP contribution in [0.1, 0.15) is 12.5 Å². The highest BCUT2D eigenvalue weighted by atomic mass is 15.2. The summed E-state index contributed by atoms with van der Waals surface area (Å²) in [7, 11) is 2.05. The molecule has 128 valence electrons. The van der Waals surface area contributed by atoms with Crippen molar-refractivity contribution in [2.75, 3.05) is 13.6 Å². The number of allylic oxidation sites excluding steroid dienone is 3. The van der Waals surface area contributed by atoms with Crippen LogP contribution in [-0.4, -0.2) is 34.5 Å². The molecule has 0 bridgehead atoms. The van der Waals surface area contributed by atoms with E-state index in [1.807, 2.05) is 37.4 Å². The van der Waals surface area contributed by atoms with Gasteiger partial charge in [0.25, 0.3) is 0 Å². The number of nitrogens with one attached hydrogen (secondary N) is 1. The van der Waals surface area contributed by atoms with Crippen LogP contribution in [0.2, 0.25) is 0 Å². The van der Waals surface area contributed by atoms with E-state index in [0.29, 0.717) is 6.54 Å². The molecule has 3 rings (SSSR count). The van der Waals surface area contributed by atoms with E-state index in [2.05, 4.69) is 45.8 Å². The van der Waals surface area contributed by atoms with Gasteiger partial charge in [0.15, 0.2) is 0 Å². The van der Waals surface area contributed by atoms with Gasteiger partial charge < -0.3 is 16.0 Å². The number of benzene rings is 1. The SMILES string of the molecule is C=CCN/C(=C(\N)C1C=CC=C(C)N1C)c1ccc2nccnc2c1. The molecule has 1 unspecified atom stereocenters. The van der Waals surface area contributed by atoms with Crippen LogP contribution in [0.25, 0.3) is 16.7 Å². The third-order valence-corrected chi connectivity index (χ3v) is 4.39. The van der Waals surface area contributed by atoms with Gasteiger partial charge in [0.1, 0.15) is 0 Å². The topological polar surface area (TPSA) is 67.1 Å². The first kappa shape index (κ1) is 16.8. The zero-order valence-electron chi connectivity index (χ0n) is 14.6. The van der Waals surface area contributed by atoms with Gasteiger partial charge in [0, 0.05) is 37.2 Å². The van der Waals surface area contributed by atoms with Crippen LogP contribution in [0.4, 0.5) is 0 Å². The molecule has 0 saturated heterocycles. The Bertz CT molecular complexity index is 879. The molecule has 2 aromatic rings. The highest BCUT2D eigenvalue weighted by molar-refractivity contribution is 5.80. The van der Waals surface area contributed by atoms with Crippen molar-refractivity contribution in [2.45, 2.75) is 13.0 Å². The third kappa shape index (κ3) is 3.40. The molecule has 0 spiro atoms. The summed E-state index contributed by atoms with van der Waals surface area (Å²) < 4.78 is 0. The molecule has 0 aliphatic carbocycles. The van der Waals surface area contributed by atoms with Gasteiger partial charge in [-0.25, -0.2) is 0 Å². The van der Waals surface area contributed by atoms with Crippen LogP contribution in [-0.2, 0) is 0 Å². The average molecular weight is 333 g/mol. The van der Waals surface area contributed by atoms with E-state index in [1.165, 1.54) is 5.70 Å². The number of hydrogen-bond acceptors (Lipinski definition) is 5. The molecule has 1 aliphatic heterocycles. The van der Waals surface area contributed by atoms with Crippen molar-refractivity contribution in [3.05, 3.63) is 78.4 Å². The zero-order chi connectivity index (χ0) is 17.8. The average Bonchev–Trinajstić information content (AvgIpc) is 2.64. The lowest BCUT2D eigenvalue weighted by Crippen LogP contribution is -2.37. The van der Waals surface area contributed by atoms with Gasteiger partial charge >= 0.3 is 0 Å². The van der Waals surface area contributed by atoms with Gasteiger partial charge in [-0.3, -0.25) is 9.97 Å². The van der Waals surface area contributed by atoms with Gasteiger partial charge in [-0.2, -0.15) is 0 Å². The predicted octanol–water partition coefficient (Wildman–Crippen LogP) is 2.81. The fourth-order valence-corrected chi connectivity index (χ4v) is 2.89. The zero-order valence-corrected chi connectivity index (χ0v) is 14.6. The Labute approximate surface area is 148 Å².